The van der Waals surface area contributed by atoms with E-state index in [2.05, 4.69) is 17.0 Å². The van der Waals surface area contributed by atoms with Crippen LogP contribution in [0.3, 0.4) is 0 Å². The molecule has 0 aliphatic carbocycles. The highest BCUT2D eigenvalue weighted by atomic mass is 15.3. The van der Waals surface area contributed by atoms with Crippen molar-refractivity contribution in [3.63, 3.8) is 0 Å². The zero-order chi connectivity index (χ0) is 7.84. The molecule has 11 heavy (non-hydrogen) atoms. The molecule has 1 aromatic heterocycles. The van der Waals surface area contributed by atoms with Crippen molar-refractivity contribution in [2.45, 2.75) is 13.1 Å². The molecule has 60 valence electrons. The molecule has 0 radical (unpaired) electrons. The van der Waals surface area contributed by atoms with Crippen LogP contribution in [0.15, 0.2) is 6.20 Å². The Morgan fingerprint density at radius 1 is 1.55 bits per heavy atom. The van der Waals surface area contributed by atoms with Crippen molar-refractivity contribution in [2.24, 2.45) is 0 Å². The Morgan fingerprint density at radius 3 is 3.18 bits per heavy atom. The van der Waals surface area contributed by atoms with Gasteiger partial charge in [0.15, 0.2) is 0 Å². The van der Waals surface area contributed by atoms with Crippen molar-refractivity contribution in [1.29, 1.82) is 0 Å². The number of fused-ring (bicyclic) bond motifs is 1. The lowest BCUT2D eigenvalue weighted by atomic mass is 10.3. The van der Waals surface area contributed by atoms with Crippen molar-refractivity contribution in [1.82, 2.24) is 14.7 Å². The molecule has 0 unspecified atom stereocenters. The molecule has 0 atom stereocenters. The topological polar surface area (TPSA) is 47.1 Å². The summed E-state index contributed by atoms with van der Waals surface area (Å²) in [7, 11) is 2.09. The minimum Gasteiger partial charge on any atom is -0.396 e. The first-order valence-electron chi connectivity index (χ1n) is 3.76. The third-order valence-corrected chi connectivity index (χ3v) is 2.09. The molecule has 0 saturated heterocycles. The van der Waals surface area contributed by atoms with E-state index in [0.717, 1.165) is 31.0 Å². The van der Waals surface area contributed by atoms with Gasteiger partial charge in [0.25, 0.3) is 0 Å². The van der Waals surface area contributed by atoms with Gasteiger partial charge in [-0.2, -0.15) is 5.10 Å². The highest BCUT2D eigenvalue weighted by molar-refractivity contribution is 5.41. The predicted octanol–water partition coefficient (Wildman–Crippen LogP) is -0.0893. The number of hydrogen-bond acceptors (Lipinski definition) is 3. The summed E-state index contributed by atoms with van der Waals surface area (Å²) in [4.78, 5) is 2.24. The molecule has 2 heterocycles. The molecule has 0 fully saturated rings. The fourth-order valence-corrected chi connectivity index (χ4v) is 1.39. The Morgan fingerprint density at radius 2 is 2.36 bits per heavy atom. The molecule has 0 spiro atoms. The van der Waals surface area contributed by atoms with Gasteiger partial charge in [-0.3, -0.25) is 9.58 Å². The molecule has 4 nitrogen and oxygen atoms in total. The van der Waals surface area contributed by atoms with Crippen LogP contribution in [0, 0.1) is 0 Å². The summed E-state index contributed by atoms with van der Waals surface area (Å²) in [6.45, 7) is 2.95. The van der Waals surface area contributed by atoms with Crippen LogP contribution in [-0.4, -0.2) is 28.3 Å². The van der Waals surface area contributed by atoms with Gasteiger partial charge in [0, 0.05) is 13.1 Å². The molecule has 2 N–H and O–H groups in total. The van der Waals surface area contributed by atoms with E-state index in [-0.39, 0.29) is 0 Å². The minimum atomic E-state index is 0.816. The Balaban J connectivity index is 2.37. The Labute approximate surface area is 65.6 Å². The Bertz CT molecular complexity index is 265. The molecule has 0 amide bonds. The summed E-state index contributed by atoms with van der Waals surface area (Å²) in [5, 5.41) is 4.16. The van der Waals surface area contributed by atoms with Crippen molar-refractivity contribution in [3.8, 4) is 0 Å². The van der Waals surface area contributed by atoms with Gasteiger partial charge in [-0.05, 0) is 7.05 Å². The van der Waals surface area contributed by atoms with Gasteiger partial charge in [-0.25, -0.2) is 0 Å². The maximum absolute atomic E-state index is 5.71. The van der Waals surface area contributed by atoms with Crippen molar-refractivity contribution in [3.05, 3.63) is 11.9 Å². The summed E-state index contributed by atoms with van der Waals surface area (Å²) in [6, 6.07) is 0. The first kappa shape index (κ1) is 6.67. The molecular weight excluding hydrogens is 140 g/mol. The molecule has 1 aliphatic heterocycles. The molecule has 0 bridgehead atoms. The summed E-state index contributed by atoms with van der Waals surface area (Å²) in [5.74, 6) is 0. The summed E-state index contributed by atoms with van der Waals surface area (Å²) >= 11 is 0. The lowest BCUT2D eigenvalue weighted by molar-refractivity contribution is 0.259. The van der Waals surface area contributed by atoms with Crippen LogP contribution in [0.5, 0.6) is 0 Å². The number of likely N-dealkylation sites (N-methyl/N-ethyl adjacent to an activating group) is 1. The standard InChI is InChI=1S/C7H12N4/c1-10-2-3-11-7(5-10)6(8)4-9-11/h4H,2-3,5,8H2,1H3. The second-order valence-electron chi connectivity index (χ2n) is 3.01. The maximum atomic E-state index is 5.71. The van der Waals surface area contributed by atoms with Crippen LogP contribution in [0.25, 0.3) is 0 Å². The number of hydrogen-bond donors (Lipinski definition) is 1. The lowest BCUT2D eigenvalue weighted by Gasteiger charge is -2.23. The largest absolute Gasteiger partial charge is 0.396 e. The summed E-state index contributed by atoms with van der Waals surface area (Å²) in [6.07, 6.45) is 1.73. The Kier molecular flexibility index (Phi) is 1.35. The predicted molar refractivity (Wildman–Crippen MR) is 43.0 cm³/mol. The zero-order valence-corrected chi connectivity index (χ0v) is 6.62. The van der Waals surface area contributed by atoms with E-state index in [1.807, 2.05) is 4.68 Å². The van der Waals surface area contributed by atoms with E-state index in [1.54, 1.807) is 6.20 Å². The average Bonchev–Trinajstić information content (AvgIpc) is 2.33. The van der Waals surface area contributed by atoms with Crippen LogP contribution in [0.1, 0.15) is 5.69 Å². The highest BCUT2D eigenvalue weighted by Crippen LogP contribution is 2.16. The first-order chi connectivity index (χ1) is 5.27. The Hall–Kier alpha value is -1.03. The number of nitrogens with zero attached hydrogens (tertiary/aromatic N) is 3. The lowest BCUT2D eigenvalue weighted by Crippen LogP contribution is -2.30. The number of aromatic nitrogens is 2. The van der Waals surface area contributed by atoms with Crippen molar-refractivity contribution < 1.29 is 0 Å². The van der Waals surface area contributed by atoms with E-state index < -0.39 is 0 Å². The maximum Gasteiger partial charge on any atom is 0.0754 e. The number of rotatable bonds is 0. The SMILES string of the molecule is CN1CCn2ncc(N)c2C1. The number of anilines is 1. The molecule has 2 rings (SSSR count). The normalized spacial score (nSPS) is 18.3. The number of nitrogen functional groups attached to an aromatic ring is 1. The fourth-order valence-electron chi connectivity index (χ4n) is 1.39. The third-order valence-electron chi connectivity index (χ3n) is 2.09. The van der Waals surface area contributed by atoms with Crippen LogP contribution in [-0.2, 0) is 13.1 Å². The molecule has 1 aromatic rings. The van der Waals surface area contributed by atoms with E-state index in [1.165, 1.54) is 0 Å². The highest BCUT2D eigenvalue weighted by Gasteiger charge is 2.15. The van der Waals surface area contributed by atoms with Gasteiger partial charge in [0.1, 0.15) is 0 Å². The van der Waals surface area contributed by atoms with Gasteiger partial charge >= 0.3 is 0 Å². The van der Waals surface area contributed by atoms with Crippen molar-refractivity contribution >= 4 is 5.69 Å². The average molecular weight is 152 g/mol. The molecule has 4 heteroatoms. The van der Waals surface area contributed by atoms with Crippen LogP contribution in [0.2, 0.25) is 0 Å². The first-order valence-corrected chi connectivity index (χ1v) is 3.76. The molecule has 1 aliphatic rings. The minimum absolute atomic E-state index is 0.816. The number of nitrogens with two attached hydrogens (primary N) is 1. The van der Waals surface area contributed by atoms with Gasteiger partial charge in [-0.1, -0.05) is 0 Å². The van der Waals surface area contributed by atoms with Crippen LogP contribution < -0.4 is 5.73 Å². The molecule has 0 saturated carbocycles. The van der Waals surface area contributed by atoms with Crippen LogP contribution in [0.4, 0.5) is 5.69 Å². The van der Waals surface area contributed by atoms with Gasteiger partial charge in [0.2, 0.25) is 0 Å². The second-order valence-corrected chi connectivity index (χ2v) is 3.01. The van der Waals surface area contributed by atoms with Gasteiger partial charge < -0.3 is 5.73 Å². The smallest absolute Gasteiger partial charge is 0.0754 e. The zero-order valence-electron chi connectivity index (χ0n) is 6.62. The monoisotopic (exact) mass is 152 g/mol. The third kappa shape index (κ3) is 0.991. The van der Waals surface area contributed by atoms with Gasteiger partial charge in [0.05, 0.1) is 24.1 Å². The van der Waals surface area contributed by atoms with E-state index >= 15 is 0 Å². The van der Waals surface area contributed by atoms with E-state index in [4.69, 9.17) is 5.73 Å². The fraction of sp³-hybridized carbons (Fsp3) is 0.571. The van der Waals surface area contributed by atoms with E-state index in [0.29, 0.717) is 0 Å². The van der Waals surface area contributed by atoms with Crippen LogP contribution >= 0.6 is 0 Å². The quantitative estimate of drug-likeness (QED) is 0.565. The van der Waals surface area contributed by atoms with Crippen molar-refractivity contribution in [2.75, 3.05) is 19.3 Å². The summed E-state index contributed by atoms with van der Waals surface area (Å²) < 4.78 is 1.98. The van der Waals surface area contributed by atoms with E-state index in [9.17, 15) is 0 Å². The van der Waals surface area contributed by atoms with Gasteiger partial charge in [-0.15, -0.1) is 0 Å². The molecule has 0 aromatic carbocycles. The second kappa shape index (κ2) is 2.23. The summed E-state index contributed by atoms with van der Waals surface area (Å²) in [5.41, 5.74) is 7.68. The molecular formula is C7H12N4.